The molecule has 1 rings (SSSR count). The van der Waals surface area contributed by atoms with Crippen LogP contribution in [0.4, 0.5) is 4.79 Å². The summed E-state index contributed by atoms with van der Waals surface area (Å²) in [5.41, 5.74) is 0.175. The van der Waals surface area contributed by atoms with Gasteiger partial charge in [0.05, 0.1) is 6.54 Å². The number of rotatable bonds is 6. The predicted molar refractivity (Wildman–Crippen MR) is 88.1 cm³/mol. The first-order valence-electron chi connectivity index (χ1n) is 7.62. The van der Waals surface area contributed by atoms with E-state index in [2.05, 4.69) is 10.6 Å². The minimum Gasteiger partial charge on any atom is -0.459 e. The fourth-order valence-electron chi connectivity index (χ4n) is 1.77. The smallest absolute Gasteiger partial charge is 0.407 e. The van der Waals surface area contributed by atoms with Gasteiger partial charge in [-0.3, -0.25) is 4.79 Å². The summed E-state index contributed by atoms with van der Waals surface area (Å²) in [5, 5.41) is 4.90. The standard InChI is InChI=1S/C17H24N2O5/c1-12(20)19-14(10-18-16(22)24-17(2,3)4)15(21)23-11-13-8-6-5-7-9-13/h5-9,14H,10-11H2,1-4H3,(H,18,22)(H,19,20). The molecule has 2 amide bonds. The van der Waals surface area contributed by atoms with Crippen LogP contribution in [-0.2, 0) is 25.7 Å². The van der Waals surface area contributed by atoms with Crippen molar-refractivity contribution < 1.29 is 23.9 Å². The second-order valence-electron chi connectivity index (χ2n) is 6.23. The Hall–Kier alpha value is -2.57. The lowest BCUT2D eigenvalue weighted by Crippen LogP contribution is -2.49. The number of amides is 2. The van der Waals surface area contributed by atoms with Gasteiger partial charge in [0.15, 0.2) is 0 Å². The van der Waals surface area contributed by atoms with Crippen molar-refractivity contribution in [2.24, 2.45) is 0 Å². The number of carbonyl (C=O) groups excluding carboxylic acids is 3. The molecule has 132 valence electrons. The molecule has 24 heavy (non-hydrogen) atoms. The second kappa shape index (κ2) is 8.90. The first-order valence-corrected chi connectivity index (χ1v) is 7.62. The van der Waals surface area contributed by atoms with Crippen molar-refractivity contribution in [2.45, 2.75) is 45.9 Å². The number of esters is 1. The molecule has 1 aromatic carbocycles. The van der Waals surface area contributed by atoms with Gasteiger partial charge in [-0.15, -0.1) is 0 Å². The lowest BCUT2D eigenvalue weighted by atomic mass is 10.2. The normalized spacial score (nSPS) is 12.0. The van der Waals surface area contributed by atoms with E-state index in [0.717, 1.165) is 5.56 Å². The maximum atomic E-state index is 12.1. The quantitative estimate of drug-likeness (QED) is 0.772. The molecule has 0 bridgehead atoms. The molecule has 7 heteroatoms. The van der Waals surface area contributed by atoms with Crippen molar-refractivity contribution in [2.75, 3.05) is 6.54 Å². The molecule has 0 radical (unpaired) electrons. The van der Waals surface area contributed by atoms with Gasteiger partial charge in [-0.25, -0.2) is 9.59 Å². The molecular formula is C17H24N2O5. The van der Waals surface area contributed by atoms with Crippen LogP contribution in [0.2, 0.25) is 0 Å². The van der Waals surface area contributed by atoms with Crippen molar-refractivity contribution in [1.29, 1.82) is 0 Å². The summed E-state index contributed by atoms with van der Waals surface area (Å²) < 4.78 is 10.3. The lowest BCUT2D eigenvalue weighted by Gasteiger charge is -2.21. The van der Waals surface area contributed by atoms with E-state index < -0.39 is 29.6 Å². The summed E-state index contributed by atoms with van der Waals surface area (Å²) in [7, 11) is 0. The van der Waals surface area contributed by atoms with Gasteiger partial charge < -0.3 is 20.1 Å². The average Bonchev–Trinajstić information content (AvgIpc) is 2.48. The zero-order valence-corrected chi connectivity index (χ0v) is 14.4. The Bertz CT molecular complexity index is 566. The molecule has 0 aliphatic carbocycles. The third-order valence-electron chi connectivity index (χ3n) is 2.74. The molecule has 0 heterocycles. The molecule has 0 saturated carbocycles. The minimum atomic E-state index is -0.987. The van der Waals surface area contributed by atoms with E-state index in [1.54, 1.807) is 20.8 Å². The van der Waals surface area contributed by atoms with E-state index in [-0.39, 0.29) is 13.2 Å². The maximum Gasteiger partial charge on any atom is 0.407 e. The fraction of sp³-hybridized carbons (Fsp3) is 0.471. The number of hydrogen-bond acceptors (Lipinski definition) is 5. The Labute approximate surface area is 141 Å². The van der Waals surface area contributed by atoms with Crippen molar-refractivity contribution in [3.8, 4) is 0 Å². The van der Waals surface area contributed by atoms with Crippen LogP contribution in [0.5, 0.6) is 0 Å². The zero-order chi connectivity index (χ0) is 18.2. The Kier molecular flexibility index (Phi) is 7.23. The first kappa shape index (κ1) is 19.5. The topological polar surface area (TPSA) is 93.7 Å². The van der Waals surface area contributed by atoms with E-state index in [9.17, 15) is 14.4 Å². The number of hydrogen-bond donors (Lipinski definition) is 2. The van der Waals surface area contributed by atoms with Gasteiger partial charge in [-0.05, 0) is 26.3 Å². The molecule has 0 aliphatic rings. The van der Waals surface area contributed by atoms with Crippen molar-refractivity contribution >= 4 is 18.0 Å². The van der Waals surface area contributed by atoms with Crippen LogP contribution >= 0.6 is 0 Å². The van der Waals surface area contributed by atoms with Gasteiger partial charge in [0, 0.05) is 6.92 Å². The summed E-state index contributed by atoms with van der Waals surface area (Å²) in [6.07, 6.45) is -0.672. The first-order chi connectivity index (χ1) is 11.2. The van der Waals surface area contributed by atoms with Crippen LogP contribution in [0.1, 0.15) is 33.3 Å². The highest BCUT2D eigenvalue weighted by molar-refractivity contribution is 5.84. The van der Waals surface area contributed by atoms with Gasteiger partial charge in [0.2, 0.25) is 5.91 Å². The van der Waals surface area contributed by atoms with Crippen molar-refractivity contribution in [3.05, 3.63) is 35.9 Å². The molecule has 0 saturated heterocycles. The zero-order valence-electron chi connectivity index (χ0n) is 14.4. The summed E-state index contributed by atoms with van der Waals surface area (Å²) in [5.74, 6) is -1.03. The molecular weight excluding hydrogens is 312 g/mol. The van der Waals surface area contributed by atoms with Gasteiger partial charge >= 0.3 is 12.1 Å². The minimum absolute atomic E-state index is 0.0855. The van der Waals surface area contributed by atoms with E-state index in [1.807, 2.05) is 30.3 Å². The third-order valence-corrected chi connectivity index (χ3v) is 2.74. The summed E-state index contributed by atoms with van der Waals surface area (Å²) >= 11 is 0. The number of nitrogens with one attached hydrogen (secondary N) is 2. The summed E-state index contributed by atoms with van der Waals surface area (Å²) in [6.45, 7) is 6.43. The molecule has 1 aromatic rings. The number of carbonyl (C=O) groups is 3. The third kappa shape index (κ3) is 8.17. The Morgan fingerprint density at radius 2 is 1.75 bits per heavy atom. The number of benzene rings is 1. The molecule has 2 N–H and O–H groups in total. The lowest BCUT2D eigenvalue weighted by molar-refractivity contribution is -0.148. The van der Waals surface area contributed by atoms with E-state index >= 15 is 0 Å². The molecule has 0 spiro atoms. The molecule has 0 fully saturated rings. The highest BCUT2D eigenvalue weighted by Crippen LogP contribution is 2.06. The van der Waals surface area contributed by atoms with Crippen molar-refractivity contribution in [3.63, 3.8) is 0 Å². The van der Waals surface area contributed by atoms with Crippen LogP contribution < -0.4 is 10.6 Å². The van der Waals surface area contributed by atoms with Gasteiger partial charge in [-0.2, -0.15) is 0 Å². The monoisotopic (exact) mass is 336 g/mol. The van der Waals surface area contributed by atoms with Crippen LogP contribution in [0, 0.1) is 0 Å². The van der Waals surface area contributed by atoms with E-state index in [4.69, 9.17) is 9.47 Å². The fourth-order valence-corrected chi connectivity index (χ4v) is 1.77. The van der Waals surface area contributed by atoms with Gasteiger partial charge in [0.25, 0.3) is 0 Å². The largest absolute Gasteiger partial charge is 0.459 e. The molecule has 1 unspecified atom stereocenters. The molecule has 0 aliphatic heterocycles. The predicted octanol–water partition coefficient (Wildman–Crippen LogP) is 1.76. The highest BCUT2D eigenvalue weighted by atomic mass is 16.6. The summed E-state index contributed by atoms with van der Waals surface area (Å²) in [4.78, 5) is 35.0. The van der Waals surface area contributed by atoms with Crippen LogP contribution in [-0.4, -0.2) is 36.2 Å². The van der Waals surface area contributed by atoms with E-state index in [1.165, 1.54) is 6.92 Å². The number of alkyl carbamates (subject to hydrolysis) is 1. The second-order valence-corrected chi connectivity index (χ2v) is 6.23. The maximum absolute atomic E-state index is 12.1. The van der Waals surface area contributed by atoms with Gasteiger partial charge in [-0.1, -0.05) is 30.3 Å². The van der Waals surface area contributed by atoms with E-state index in [0.29, 0.717) is 0 Å². The molecule has 1 atom stereocenters. The van der Waals surface area contributed by atoms with Crippen LogP contribution in [0.15, 0.2) is 30.3 Å². The summed E-state index contributed by atoms with van der Waals surface area (Å²) in [6, 6.07) is 8.17. The van der Waals surface area contributed by atoms with Gasteiger partial charge in [0.1, 0.15) is 18.2 Å². The Morgan fingerprint density at radius 1 is 1.12 bits per heavy atom. The van der Waals surface area contributed by atoms with Crippen molar-refractivity contribution in [1.82, 2.24) is 10.6 Å². The Morgan fingerprint density at radius 3 is 2.29 bits per heavy atom. The SMILES string of the molecule is CC(=O)NC(CNC(=O)OC(C)(C)C)C(=O)OCc1ccccc1. The molecule has 0 aromatic heterocycles. The molecule has 7 nitrogen and oxygen atoms in total. The van der Waals surface area contributed by atoms with Crippen LogP contribution in [0.3, 0.4) is 0 Å². The Balaban J connectivity index is 2.55. The highest BCUT2D eigenvalue weighted by Gasteiger charge is 2.23. The number of ether oxygens (including phenoxy) is 2. The van der Waals surface area contributed by atoms with Crippen LogP contribution in [0.25, 0.3) is 0 Å². The average molecular weight is 336 g/mol.